The Balaban J connectivity index is 1.96. The van der Waals surface area contributed by atoms with Crippen molar-refractivity contribution < 1.29 is 23.5 Å². The number of ether oxygens (including phenoxy) is 2. The Kier molecular flexibility index (Phi) is 5.56. The highest BCUT2D eigenvalue weighted by molar-refractivity contribution is 5.95. The molecule has 0 spiro atoms. The smallest absolute Gasteiger partial charge is 0.338 e. The van der Waals surface area contributed by atoms with Crippen LogP contribution < -0.4 is 5.32 Å². The molecule has 2 atom stereocenters. The zero-order chi connectivity index (χ0) is 18.7. The highest BCUT2D eigenvalue weighted by Crippen LogP contribution is 2.32. The average molecular weight is 362 g/mol. The Morgan fingerprint density at radius 3 is 2.73 bits per heavy atom. The van der Waals surface area contributed by atoms with Gasteiger partial charge in [-0.05, 0) is 44.4 Å². The van der Waals surface area contributed by atoms with Crippen LogP contribution in [0, 0.1) is 5.82 Å². The van der Waals surface area contributed by atoms with Gasteiger partial charge in [0.05, 0.1) is 30.9 Å². The van der Waals surface area contributed by atoms with Gasteiger partial charge in [-0.2, -0.15) is 0 Å². The maximum absolute atomic E-state index is 13.3. The number of hydrogen-bond acceptors (Lipinski definition) is 4. The number of urea groups is 1. The summed E-state index contributed by atoms with van der Waals surface area (Å²) < 4.78 is 24.1. The normalized spacial score (nSPS) is 23.2. The SMILES string of the molecule is CCOC(=O)C1=C(C)N(CC2CCCO2)C(=O)NC1c1ccc(F)cc1. The van der Waals surface area contributed by atoms with Gasteiger partial charge in [0, 0.05) is 12.3 Å². The van der Waals surface area contributed by atoms with Crippen molar-refractivity contribution in [1.29, 1.82) is 0 Å². The number of esters is 1. The summed E-state index contributed by atoms with van der Waals surface area (Å²) in [6.07, 6.45) is 1.81. The quantitative estimate of drug-likeness (QED) is 0.818. The van der Waals surface area contributed by atoms with Crippen LogP contribution in [0.25, 0.3) is 0 Å². The molecule has 1 fully saturated rings. The summed E-state index contributed by atoms with van der Waals surface area (Å²) in [5, 5.41) is 2.85. The van der Waals surface area contributed by atoms with Gasteiger partial charge in [0.2, 0.25) is 0 Å². The Bertz CT molecular complexity index is 711. The van der Waals surface area contributed by atoms with E-state index in [1.165, 1.54) is 17.0 Å². The average Bonchev–Trinajstić information content (AvgIpc) is 3.12. The van der Waals surface area contributed by atoms with Crippen LogP contribution in [0.4, 0.5) is 9.18 Å². The van der Waals surface area contributed by atoms with Gasteiger partial charge in [-0.3, -0.25) is 4.90 Å². The molecule has 1 aromatic rings. The van der Waals surface area contributed by atoms with Gasteiger partial charge in [0.25, 0.3) is 0 Å². The number of nitrogens with zero attached hydrogens (tertiary/aromatic N) is 1. The molecule has 26 heavy (non-hydrogen) atoms. The lowest BCUT2D eigenvalue weighted by molar-refractivity contribution is -0.139. The van der Waals surface area contributed by atoms with Crippen LogP contribution in [0.1, 0.15) is 38.3 Å². The maximum atomic E-state index is 13.3. The molecule has 7 heteroatoms. The van der Waals surface area contributed by atoms with Crippen molar-refractivity contribution in [2.75, 3.05) is 19.8 Å². The van der Waals surface area contributed by atoms with Crippen molar-refractivity contribution in [3.05, 3.63) is 46.9 Å². The van der Waals surface area contributed by atoms with Crippen LogP contribution in [0.5, 0.6) is 0 Å². The van der Waals surface area contributed by atoms with Crippen LogP contribution >= 0.6 is 0 Å². The predicted molar refractivity (Wildman–Crippen MR) is 92.7 cm³/mol. The fraction of sp³-hybridized carbons (Fsp3) is 0.474. The zero-order valence-corrected chi connectivity index (χ0v) is 15.0. The summed E-state index contributed by atoms with van der Waals surface area (Å²) in [7, 11) is 0. The van der Waals surface area contributed by atoms with E-state index in [2.05, 4.69) is 5.32 Å². The highest BCUT2D eigenvalue weighted by Gasteiger charge is 2.37. The van der Waals surface area contributed by atoms with Gasteiger partial charge in [0.15, 0.2) is 0 Å². The topological polar surface area (TPSA) is 67.9 Å². The van der Waals surface area contributed by atoms with Crippen LogP contribution in [-0.4, -0.2) is 42.8 Å². The van der Waals surface area contributed by atoms with E-state index >= 15 is 0 Å². The van der Waals surface area contributed by atoms with E-state index in [-0.39, 0.29) is 24.6 Å². The molecular weight excluding hydrogens is 339 g/mol. The molecule has 3 rings (SSSR count). The van der Waals surface area contributed by atoms with Crippen LogP contribution in [0.15, 0.2) is 35.5 Å². The van der Waals surface area contributed by atoms with Crippen LogP contribution in [0.3, 0.4) is 0 Å². The Morgan fingerprint density at radius 1 is 1.38 bits per heavy atom. The molecule has 1 N–H and O–H groups in total. The standard InChI is InChI=1S/C19H23FN2O4/c1-3-25-18(23)16-12(2)22(11-15-5-4-10-26-15)19(24)21-17(16)13-6-8-14(20)9-7-13/h6-9,15,17H,3-5,10-11H2,1-2H3,(H,21,24). The van der Waals surface area contributed by atoms with Crippen molar-refractivity contribution in [3.8, 4) is 0 Å². The minimum absolute atomic E-state index is 0.0403. The van der Waals surface area contributed by atoms with E-state index in [4.69, 9.17) is 9.47 Å². The van der Waals surface area contributed by atoms with Gasteiger partial charge in [-0.25, -0.2) is 14.0 Å². The number of carbonyl (C=O) groups excluding carboxylic acids is 2. The van der Waals surface area contributed by atoms with Gasteiger partial charge in [-0.15, -0.1) is 0 Å². The molecule has 0 aromatic heterocycles. The van der Waals surface area contributed by atoms with Crippen LogP contribution in [0.2, 0.25) is 0 Å². The molecule has 2 unspecified atom stereocenters. The number of amides is 2. The van der Waals surface area contributed by atoms with E-state index in [0.29, 0.717) is 30.0 Å². The molecule has 0 aliphatic carbocycles. The summed E-state index contributed by atoms with van der Waals surface area (Å²) in [5.41, 5.74) is 1.52. The van der Waals surface area contributed by atoms with Crippen molar-refractivity contribution in [1.82, 2.24) is 10.2 Å². The number of rotatable bonds is 5. The highest BCUT2D eigenvalue weighted by atomic mass is 19.1. The van der Waals surface area contributed by atoms with E-state index in [1.807, 2.05) is 0 Å². The van der Waals surface area contributed by atoms with E-state index in [9.17, 15) is 14.0 Å². The molecule has 2 amide bonds. The van der Waals surface area contributed by atoms with E-state index in [0.717, 1.165) is 12.8 Å². The summed E-state index contributed by atoms with van der Waals surface area (Å²) in [5.74, 6) is -0.869. The summed E-state index contributed by atoms with van der Waals surface area (Å²) in [6.45, 7) is 4.76. The number of hydrogen-bond donors (Lipinski definition) is 1. The summed E-state index contributed by atoms with van der Waals surface area (Å²) >= 11 is 0. The van der Waals surface area contributed by atoms with Gasteiger partial charge >= 0.3 is 12.0 Å². The minimum Gasteiger partial charge on any atom is -0.463 e. The number of nitrogens with one attached hydrogen (secondary N) is 1. The minimum atomic E-state index is -0.678. The molecule has 0 bridgehead atoms. The predicted octanol–water partition coefficient (Wildman–Crippen LogP) is 2.91. The monoisotopic (exact) mass is 362 g/mol. The van der Waals surface area contributed by atoms with Crippen molar-refractivity contribution in [3.63, 3.8) is 0 Å². The third-order valence-electron chi connectivity index (χ3n) is 4.71. The van der Waals surface area contributed by atoms with E-state index in [1.54, 1.807) is 26.0 Å². The van der Waals surface area contributed by atoms with Crippen molar-refractivity contribution in [2.45, 2.75) is 38.8 Å². The first kappa shape index (κ1) is 18.4. The molecule has 1 saturated heterocycles. The first-order valence-electron chi connectivity index (χ1n) is 8.84. The second-order valence-electron chi connectivity index (χ2n) is 6.40. The summed E-state index contributed by atoms with van der Waals surface area (Å²) in [4.78, 5) is 26.8. The van der Waals surface area contributed by atoms with Gasteiger partial charge in [0.1, 0.15) is 5.82 Å². The first-order chi connectivity index (χ1) is 12.5. The molecule has 0 saturated carbocycles. The number of benzene rings is 1. The third-order valence-corrected chi connectivity index (χ3v) is 4.71. The fourth-order valence-electron chi connectivity index (χ4n) is 3.37. The molecule has 2 aliphatic rings. The first-order valence-corrected chi connectivity index (χ1v) is 8.84. The number of carbonyl (C=O) groups is 2. The Labute approximate surface area is 151 Å². The number of allylic oxidation sites excluding steroid dienone is 1. The molecule has 0 radical (unpaired) electrons. The second kappa shape index (κ2) is 7.86. The Morgan fingerprint density at radius 2 is 2.12 bits per heavy atom. The van der Waals surface area contributed by atoms with Gasteiger partial charge in [-0.1, -0.05) is 12.1 Å². The molecule has 2 heterocycles. The Hall–Kier alpha value is -2.41. The fourth-order valence-corrected chi connectivity index (χ4v) is 3.37. The molecule has 6 nitrogen and oxygen atoms in total. The molecule has 2 aliphatic heterocycles. The zero-order valence-electron chi connectivity index (χ0n) is 15.0. The molecule has 140 valence electrons. The number of halogens is 1. The lowest BCUT2D eigenvalue weighted by Gasteiger charge is -2.36. The summed E-state index contributed by atoms with van der Waals surface area (Å²) in [6, 6.07) is 4.74. The van der Waals surface area contributed by atoms with E-state index < -0.39 is 12.0 Å². The van der Waals surface area contributed by atoms with Crippen LogP contribution in [-0.2, 0) is 14.3 Å². The molecular formula is C19H23FN2O4. The van der Waals surface area contributed by atoms with Crippen molar-refractivity contribution >= 4 is 12.0 Å². The maximum Gasteiger partial charge on any atom is 0.338 e. The second-order valence-corrected chi connectivity index (χ2v) is 6.40. The lowest BCUT2D eigenvalue weighted by atomic mass is 9.94. The third kappa shape index (κ3) is 3.72. The van der Waals surface area contributed by atoms with Crippen molar-refractivity contribution in [2.24, 2.45) is 0 Å². The lowest BCUT2D eigenvalue weighted by Crippen LogP contribution is -2.50. The van der Waals surface area contributed by atoms with Gasteiger partial charge < -0.3 is 14.8 Å². The largest absolute Gasteiger partial charge is 0.463 e. The molecule has 1 aromatic carbocycles.